The van der Waals surface area contributed by atoms with Gasteiger partial charge in [0, 0.05) is 11.5 Å². The molecule has 0 spiro atoms. The van der Waals surface area contributed by atoms with Crippen molar-refractivity contribution in [3.63, 3.8) is 0 Å². The standard InChI is InChI=1S/C14H21N/c1-9-7-10(2)11(3)13(8-9)14(5-6-14)12(4)15/h7-8,12H,5-6,15H2,1-4H3. The lowest BCUT2D eigenvalue weighted by atomic mass is 9.84. The first-order chi connectivity index (χ1) is 6.97. The number of nitrogens with two attached hydrogens (primary N) is 1. The van der Waals surface area contributed by atoms with Crippen LogP contribution in [0.3, 0.4) is 0 Å². The Balaban J connectivity index is 2.53. The molecule has 1 heteroatoms. The zero-order chi connectivity index (χ0) is 11.2. The highest BCUT2D eigenvalue weighted by Crippen LogP contribution is 2.51. The third kappa shape index (κ3) is 1.59. The smallest absolute Gasteiger partial charge is 0.0108 e. The number of benzene rings is 1. The number of hydrogen-bond donors (Lipinski definition) is 1. The molecule has 1 aromatic rings. The molecule has 1 saturated carbocycles. The Morgan fingerprint density at radius 3 is 2.27 bits per heavy atom. The summed E-state index contributed by atoms with van der Waals surface area (Å²) < 4.78 is 0. The average Bonchev–Trinajstić information content (AvgIpc) is 2.91. The fourth-order valence-electron chi connectivity index (χ4n) is 2.66. The molecule has 0 bridgehead atoms. The third-order valence-electron chi connectivity index (χ3n) is 4.01. The maximum Gasteiger partial charge on any atom is 0.0108 e. The van der Waals surface area contributed by atoms with Crippen molar-refractivity contribution in [1.29, 1.82) is 0 Å². The van der Waals surface area contributed by atoms with E-state index in [0.717, 1.165) is 0 Å². The second kappa shape index (κ2) is 3.34. The van der Waals surface area contributed by atoms with Gasteiger partial charge in [0.2, 0.25) is 0 Å². The molecule has 1 atom stereocenters. The van der Waals surface area contributed by atoms with E-state index in [9.17, 15) is 0 Å². The summed E-state index contributed by atoms with van der Waals surface area (Å²) >= 11 is 0. The monoisotopic (exact) mass is 203 g/mol. The van der Waals surface area contributed by atoms with Crippen LogP contribution in [-0.2, 0) is 5.41 Å². The van der Waals surface area contributed by atoms with E-state index in [1.807, 2.05) is 0 Å². The van der Waals surface area contributed by atoms with Gasteiger partial charge >= 0.3 is 0 Å². The Labute approximate surface area is 92.7 Å². The van der Waals surface area contributed by atoms with Crippen molar-refractivity contribution in [2.24, 2.45) is 5.73 Å². The van der Waals surface area contributed by atoms with Gasteiger partial charge in [0.1, 0.15) is 0 Å². The predicted octanol–water partition coefficient (Wildman–Crippen LogP) is 2.99. The molecule has 1 aromatic carbocycles. The molecule has 0 saturated heterocycles. The van der Waals surface area contributed by atoms with Crippen molar-refractivity contribution in [2.45, 2.75) is 52.0 Å². The molecule has 1 aliphatic rings. The predicted molar refractivity (Wildman–Crippen MR) is 65.2 cm³/mol. The Hall–Kier alpha value is -0.820. The molecule has 2 N–H and O–H groups in total. The van der Waals surface area contributed by atoms with Gasteiger partial charge in [-0.2, -0.15) is 0 Å². The molecule has 15 heavy (non-hydrogen) atoms. The van der Waals surface area contributed by atoms with Gasteiger partial charge in [0.25, 0.3) is 0 Å². The van der Waals surface area contributed by atoms with E-state index in [-0.39, 0.29) is 6.04 Å². The van der Waals surface area contributed by atoms with Crippen molar-refractivity contribution in [2.75, 3.05) is 0 Å². The van der Waals surface area contributed by atoms with Crippen molar-refractivity contribution in [3.05, 3.63) is 34.4 Å². The summed E-state index contributed by atoms with van der Waals surface area (Å²) in [6, 6.07) is 4.87. The molecule has 1 fully saturated rings. The normalized spacial score (nSPS) is 20.1. The van der Waals surface area contributed by atoms with Crippen LogP contribution in [0.25, 0.3) is 0 Å². The molecule has 0 radical (unpaired) electrons. The van der Waals surface area contributed by atoms with Gasteiger partial charge in [-0.1, -0.05) is 17.7 Å². The molecule has 2 rings (SSSR count). The highest BCUT2D eigenvalue weighted by atomic mass is 14.7. The first-order valence-electron chi connectivity index (χ1n) is 5.81. The number of rotatable bonds is 2. The van der Waals surface area contributed by atoms with E-state index < -0.39 is 0 Å². The Kier molecular flexibility index (Phi) is 2.38. The van der Waals surface area contributed by atoms with Crippen molar-refractivity contribution in [1.82, 2.24) is 0 Å². The second-order valence-electron chi connectivity index (χ2n) is 5.20. The van der Waals surface area contributed by atoms with Gasteiger partial charge in [-0.3, -0.25) is 0 Å². The van der Waals surface area contributed by atoms with E-state index in [2.05, 4.69) is 39.8 Å². The largest absolute Gasteiger partial charge is 0.327 e. The average molecular weight is 203 g/mol. The molecule has 0 aliphatic heterocycles. The lowest BCUT2D eigenvalue weighted by molar-refractivity contribution is 0.553. The summed E-state index contributed by atoms with van der Waals surface area (Å²) in [4.78, 5) is 0. The van der Waals surface area contributed by atoms with Gasteiger partial charge in [0.05, 0.1) is 0 Å². The second-order valence-corrected chi connectivity index (χ2v) is 5.20. The van der Waals surface area contributed by atoms with Crippen molar-refractivity contribution >= 4 is 0 Å². The van der Waals surface area contributed by atoms with Crippen LogP contribution < -0.4 is 5.73 Å². The highest BCUT2D eigenvalue weighted by Gasteiger charge is 2.48. The van der Waals surface area contributed by atoms with E-state index in [1.54, 1.807) is 0 Å². The quantitative estimate of drug-likeness (QED) is 0.785. The van der Waals surface area contributed by atoms with Crippen molar-refractivity contribution in [3.8, 4) is 0 Å². The van der Waals surface area contributed by atoms with Crippen molar-refractivity contribution < 1.29 is 0 Å². The van der Waals surface area contributed by atoms with Gasteiger partial charge in [-0.15, -0.1) is 0 Å². The molecule has 82 valence electrons. The Morgan fingerprint density at radius 1 is 1.20 bits per heavy atom. The highest BCUT2D eigenvalue weighted by molar-refractivity contribution is 5.45. The molecule has 1 nitrogen and oxygen atoms in total. The summed E-state index contributed by atoms with van der Waals surface area (Å²) in [6.07, 6.45) is 2.52. The van der Waals surface area contributed by atoms with Crippen LogP contribution in [0.5, 0.6) is 0 Å². The Morgan fingerprint density at radius 2 is 1.80 bits per heavy atom. The fraction of sp³-hybridized carbons (Fsp3) is 0.571. The van der Waals surface area contributed by atoms with Crippen LogP contribution >= 0.6 is 0 Å². The maximum absolute atomic E-state index is 6.13. The van der Waals surface area contributed by atoms with Crippen LogP contribution in [0.4, 0.5) is 0 Å². The topological polar surface area (TPSA) is 26.0 Å². The maximum atomic E-state index is 6.13. The van der Waals surface area contributed by atoms with Crippen LogP contribution in [-0.4, -0.2) is 6.04 Å². The van der Waals surface area contributed by atoms with Gasteiger partial charge in [-0.25, -0.2) is 0 Å². The van der Waals surface area contributed by atoms with Gasteiger partial charge in [-0.05, 0) is 57.2 Å². The minimum absolute atomic E-state index is 0.275. The summed E-state index contributed by atoms with van der Waals surface area (Å²) in [7, 11) is 0. The number of hydrogen-bond acceptors (Lipinski definition) is 1. The fourth-order valence-corrected chi connectivity index (χ4v) is 2.66. The minimum atomic E-state index is 0.275. The molecular weight excluding hydrogens is 182 g/mol. The summed E-state index contributed by atoms with van der Waals surface area (Å²) in [5.74, 6) is 0. The molecule has 0 heterocycles. The lowest BCUT2D eigenvalue weighted by Crippen LogP contribution is -2.32. The molecule has 0 aromatic heterocycles. The summed E-state index contributed by atoms with van der Waals surface area (Å²) in [5.41, 5.74) is 12.1. The zero-order valence-corrected chi connectivity index (χ0v) is 10.2. The first-order valence-corrected chi connectivity index (χ1v) is 5.81. The van der Waals surface area contributed by atoms with Gasteiger partial charge in [0.15, 0.2) is 0 Å². The molecule has 1 aliphatic carbocycles. The summed E-state index contributed by atoms with van der Waals surface area (Å²) in [6.45, 7) is 8.74. The summed E-state index contributed by atoms with van der Waals surface area (Å²) in [5, 5.41) is 0. The van der Waals surface area contributed by atoms with E-state index in [4.69, 9.17) is 5.73 Å². The van der Waals surface area contributed by atoms with Crippen LogP contribution in [0.2, 0.25) is 0 Å². The zero-order valence-electron chi connectivity index (χ0n) is 10.2. The number of aryl methyl sites for hydroxylation is 2. The van der Waals surface area contributed by atoms with E-state index in [0.29, 0.717) is 5.41 Å². The van der Waals surface area contributed by atoms with Gasteiger partial charge < -0.3 is 5.73 Å². The van der Waals surface area contributed by atoms with Crippen LogP contribution in [0.15, 0.2) is 12.1 Å². The Bertz CT molecular complexity index is 387. The van der Waals surface area contributed by atoms with E-state index >= 15 is 0 Å². The third-order valence-corrected chi connectivity index (χ3v) is 4.01. The molecular formula is C14H21N. The lowest BCUT2D eigenvalue weighted by Gasteiger charge is -2.24. The molecule has 0 amide bonds. The van der Waals surface area contributed by atoms with Crippen LogP contribution in [0.1, 0.15) is 42.0 Å². The first kappa shape index (κ1) is 10.7. The minimum Gasteiger partial charge on any atom is -0.327 e. The van der Waals surface area contributed by atoms with E-state index in [1.165, 1.54) is 35.1 Å². The SMILES string of the molecule is Cc1cc(C)c(C)c(C2(C(C)N)CC2)c1. The van der Waals surface area contributed by atoms with Crippen LogP contribution in [0, 0.1) is 20.8 Å². The molecule has 1 unspecified atom stereocenters.